The number of aryl methyl sites for hydroxylation is 1. The molecule has 0 saturated heterocycles. The summed E-state index contributed by atoms with van der Waals surface area (Å²) in [5.74, 6) is 0.340. The van der Waals surface area contributed by atoms with Crippen LogP contribution >= 0.6 is 0 Å². The lowest BCUT2D eigenvalue weighted by molar-refractivity contribution is 0.469. The highest BCUT2D eigenvalue weighted by Crippen LogP contribution is 2.18. The average molecular weight is 241 g/mol. The van der Waals surface area contributed by atoms with Crippen molar-refractivity contribution in [3.8, 4) is 5.75 Å². The molecule has 0 radical (unpaired) electrons. The zero-order chi connectivity index (χ0) is 12.8. The maximum atomic E-state index is 9.66. The summed E-state index contributed by atoms with van der Waals surface area (Å²) in [5, 5.41) is 13.0. The van der Waals surface area contributed by atoms with Gasteiger partial charge < -0.3 is 10.4 Å². The first-order chi connectivity index (χ1) is 8.79. The van der Waals surface area contributed by atoms with Crippen molar-refractivity contribution in [2.24, 2.45) is 0 Å². The normalized spacial score (nSPS) is 10.3. The Labute approximate surface area is 108 Å². The number of anilines is 1. The van der Waals surface area contributed by atoms with Crippen LogP contribution in [0, 0.1) is 0 Å². The second-order valence-corrected chi connectivity index (χ2v) is 4.43. The second kappa shape index (κ2) is 6.10. The average Bonchev–Trinajstić information content (AvgIpc) is 2.40. The van der Waals surface area contributed by atoms with Crippen molar-refractivity contribution in [2.75, 3.05) is 5.32 Å². The molecule has 2 heteroatoms. The smallest absolute Gasteiger partial charge is 0.120 e. The van der Waals surface area contributed by atoms with E-state index in [9.17, 15) is 5.11 Å². The molecule has 18 heavy (non-hydrogen) atoms. The summed E-state index contributed by atoms with van der Waals surface area (Å²) >= 11 is 0. The molecule has 0 unspecified atom stereocenters. The molecule has 0 aliphatic heterocycles. The summed E-state index contributed by atoms with van der Waals surface area (Å²) in [5.41, 5.74) is 3.36. The Morgan fingerprint density at radius 2 is 1.72 bits per heavy atom. The fourth-order valence-electron chi connectivity index (χ4n) is 1.94. The highest BCUT2D eigenvalue weighted by Gasteiger charge is 1.99. The molecule has 2 rings (SSSR count). The van der Waals surface area contributed by atoms with Crippen molar-refractivity contribution < 1.29 is 5.11 Å². The predicted molar refractivity (Wildman–Crippen MR) is 75.9 cm³/mol. The monoisotopic (exact) mass is 241 g/mol. The van der Waals surface area contributed by atoms with E-state index in [1.165, 1.54) is 12.0 Å². The van der Waals surface area contributed by atoms with Gasteiger partial charge in [0.2, 0.25) is 0 Å². The molecule has 0 heterocycles. The largest absolute Gasteiger partial charge is 0.508 e. The first kappa shape index (κ1) is 12.5. The van der Waals surface area contributed by atoms with Gasteiger partial charge in [-0.3, -0.25) is 0 Å². The SMILES string of the molecule is CCCc1ccc(NCc2ccccc2O)cc1. The van der Waals surface area contributed by atoms with E-state index < -0.39 is 0 Å². The van der Waals surface area contributed by atoms with E-state index in [4.69, 9.17) is 0 Å². The van der Waals surface area contributed by atoms with Gasteiger partial charge in [0.25, 0.3) is 0 Å². The van der Waals surface area contributed by atoms with Crippen molar-refractivity contribution in [1.82, 2.24) is 0 Å². The van der Waals surface area contributed by atoms with Crippen molar-refractivity contribution in [1.29, 1.82) is 0 Å². The van der Waals surface area contributed by atoms with Gasteiger partial charge in [-0.1, -0.05) is 43.7 Å². The Balaban J connectivity index is 1.96. The van der Waals surface area contributed by atoms with Crippen LogP contribution < -0.4 is 5.32 Å². The van der Waals surface area contributed by atoms with Gasteiger partial charge in [0.05, 0.1) is 0 Å². The number of nitrogens with one attached hydrogen (secondary N) is 1. The van der Waals surface area contributed by atoms with Crippen molar-refractivity contribution >= 4 is 5.69 Å². The van der Waals surface area contributed by atoms with E-state index in [0.29, 0.717) is 12.3 Å². The molecular weight excluding hydrogens is 222 g/mol. The quantitative estimate of drug-likeness (QED) is 0.830. The van der Waals surface area contributed by atoms with E-state index >= 15 is 0 Å². The topological polar surface area (TPSA) is 32.3 Å². The van der Waals surface area contributed by atoms with Gasteiger partial charge in [-0.2, -0.15) is 0 Å². The number of benzene rings is 2. The van der Waals surface area contributed by atoms with Crippen molar-refractivity contribution in [3.05, 3.63) is 59.7 Å². The maximum absolute atomic E-state index is 9.66. The number of hydrogen-bond donors (Lipinski definition) is 2. The molecule has 0 amide bonds. The Kier molecular flexibility index (Phi) is 4.24. The molecule has 0 saturated carbocycles. The predicted octanol–water partition coefficient (Wildman–Crippen LogP) is 3.96. The molecule has 0 bridgehead atoms. The Bertz CT molecular complexity index is 491. The van der Waals surface area contributed by atoms with Crippen LogP contribution in [0.1, 0.15) is 24.5 Å². The zero-order valence-electron chi connectivity index (χ0n) is 10.7. The van der Waals surface area contributed by atoms with Gasteiger partial charge in [-0.15, -0.1) is 0 Å². The van der Waals surface area contributed by atoms with Gasteiger partial charge in [0.15, 0.2) is 0 Å². The fraction of sp³-hybridized carbons (Fsp3) is 0.250. The first-order valence-corrected chi connectivity index (χ1v) is 6.39. The number of phenolic OH excluding ortho intramolecular Hbond substituents is 1. The number of rotatable bonds is 5. The summed E-state index contributed by atoms with van der Waals surface area (Å²) in [6.07, 6.45) is 2.30. The zero-order valence-corrected chi connectivity index (χ0v) is 10.7. The third-order valence-corrected chi connectivity index (χ3v) is 2.97. The first-order valence-electron chi connectivity index (χ1n) is 6.39. The molecule has 2 aromatic carbocycles. The van der Waals surface area contributed by atoms with Gasteiger partial charge in [0.1, 0.15) is 5.75 Å². The minimum absolute atomic E-state index is 0.340. The molecule has 0 atom stereocenters. The second-order valence-electron chi connectivity index (χ2n) is 4.43. The van der Waals surface area contributed by atoms with Crippen LogP contribution in [-0.4, -0.2) is 5.11 Å². The Morgan fingerprint density at radius 3 is 2.39 bits per heavy atom. The van der Waals surface area contributed by atoms with Crippen molar-refractivity contribution in [3.63, 3.8) is 0 Å². The lowest BCUT2D eigenvalue weighted by Gasteiger charge is -2.08. The van der Waals surface area contributed by atoms with E-state index in [2.05, 4.69) is 36.5 Å². The van der Waals surface area contributed by atoms with Gasteiger partial charge in [0, 0.05) is 17.8 Å². The molecular formula is C16H19NO. The van der Waals surface area contributed by atoms with Gasteiger partial charge in [-0.25, -0.2) is 0 Å². The number of phenols is 1. The molecule has 0 aliphatic carbocycles. The Hall–Kier alpha value is -1.96. The molecule has 2 nitrogen and oxygen atoms in total. The minimum Gasteiger partial charge on any atom is -0.508 e. The number of aromatic hydroxyl groups is 1. The highest BCUT2D eigenvalue weighted by atomic mass is 16.3. The van der Waals surface area contributed by atoms with Crippen LogP contribution in [-0.2, 0) is 13.0 Å². The molecule has 2 aromatic rings. The molecule has 0 fully saturated rings. The minimum atomic E-state index is 0.340. The van der Waals surface area contributed by atoms with Crippen LogP contribution in [0.15, 0.2) is 48.5 Å². The summed E-state index contributed by atoms with van der Waals surface area (Å²) in [6, 6.07) is 15.9. The summed E-state index contributed by atoms with van der Waals surface area (Å²) in [4.78, 5) is 0. The molecule has 94 valence electrons. The number of para-hydroxylation sites is 1. The standard InChI is InChI=1S/C16H19NO/c1-2-5-13-8-10-15(11-9-13)17-12-14-6-3-4-7-16(14)18/h3-4,6-11,17-18H,2,5,12H2,1H3. The third-order valence-electron chi connectivity index (χ3n) is 2.97. The molecule has 0 aromatic heterocycles. The lowest BCUT2D eigenvalue weighted by Crippen LogP contribution is -1.99. The number of hydrogen-bond acceptors (Lipinski definition) is 2. The third kappa shape index (κ3) is 3.27. The van der Waals surface area contributed by atoms with Gasteiger partial charge in [-0.05, 0) is 30.2 Å². The molecule has 0 aliphatic rings. The van der Waals surface area contributed by atoms with E-state index in [1.807, 2.05) is 18.2 Å². The summed E-state index contributed by atoms with van der Waals surface area (Å²) in [6.45, 7) is 2.82. The van der Waals surface area contributed by atoms with Crippen LogP contribution in [0.3, 0.4) is 0 Å². The fourth-order valence-corrected chi connectivity index (χ4v) is 1.94. The van der Waals surface area contributed by atoms with Crippen LogP contribution in [0.2, 0.25) is 0 Å². The summed E-state index contributed by atoms with van der Waals surface area (Å²) in [7, 11) is 0. The molecule has 0 spiro atoms. The lowest BCUT2D eigenvalue weighted by atomic mass is 10.1. The Morgan fingerprint density at radius 1 is 1.00 bits per heavy atom. The van der Waals surface area contributed by atoms with E-state index in [1.54, 1.807) is 6.07 Å². The van der Waals surface area contributed by atoms with Crippen LogP contribution in [0.25, 0.3) is 0 Å². The molecule has 2 N–H and O–H groups in total. The van der Waals surface area contributed by atoms with Crippen LogP contribution in [0.4, 0.5) is 5.69 Å². The summed E-state index contributed by atoms with van der Waals surface area (Å²) < 4.78 is 0. The van der Waals surface area contributed by atoms with Crippen LogP contribution in [0.5, 0.6) is 5.75 Å². The van der Waals surface area contributed by atoms with E-state index in [0.717, 1.165) is 17.7 Å². The van der Waals surface area contributed by atoms with Crippen molar-refractivity contribution in [2.45, 2.75) is 26.3 Å². The van der Waals surface area contributed by atoms with E-state index in [-0.39, 0.29) is 0 Å². The maximum Gasteiger partial charge on any atom is 0.120 e. The highest BCUT2D eigenvalue weighted by molar-refractivity contribution is 5.46. The van der Waals surface area contributed by atoms with Gasteiger partial charge >= 0.3 is 0 Å².